The molecular formula is C14H18ClNO2. The van der Waals surface area contributed by atoms with Crippen LogP contribution in [0, 0.1) is 5.92 Å². The molecule has 0 aliphatic heterocycles. The zero-order valence-corrected chi connectivity index (χ0v) is 11.2. The fraction of sp³-hybridized carbons (Fsp3) is 0.500. The zero-order valence-electron chi connectivity index (χ0n) is 10.5. The van der Waals surface area contributed by atoms with Crippen LogP contribution in [0.25, 0.3) is 0 Å². The van der Waals surface area contributed by atoms with E-state index in [-0.39, 0.29) is 11.8 Å². The summed E-state index contributed by atoms with van der Waals surface area (Å²) in [5.74, 6) is 0.532. The summed E-state index contributed by atoms with van der Waals surface area (Å²) in [5, 5.41) is 3.62. The van der Waals surface area contributed by atoms with E-state index in [1.165, 1.54) is 0 Å². The molecule has 1 aliphatic carbocycles. The molecule has 1 aliphatic rings. The Kier molecular flexibility index (Phi) is 4.61. The molecule has 3 nitrogen and oxygen atoms in total. The van der Waals surface area contributed by atoms with Gasteiger partial charge in [0.25, 0.3) is 0 Å². The number of rotatable bonds is 6. The van der Waals surface area contributed by atoms with Crippen LogP contribution in [0.3, 0.4) is 0 Å². The Hall–Kier alpha value is -1.06. The lowest BCUT2D eigenvalue weighted by Crippen LogP contribution is -2.32. The average molecular weight is 268 g/mol. The number of methoxy groups -OCH3 is 1. The Morgan fingerprint density at radius 3 is 2.67 bits per heavy atom. The van der Waals surface area contributed by atoms with Crippen molar-refractivity contribution in [3.63, 3.8) is 0 Å². The standard InChI is InChI=1S/C14H18ClNO2/c1-18-9-8-16-14(17)13(10-2-3-10)11-4-6-12(15)7-5-11/h4-7,10,13H,2-3,8-9H2,1H3,(H,16,17). The lowest BCUT2D eigenvalue weighted by Gasteiger charge is -2.16. The van der Waals surface area contributed by atoms with Gasteiger partial charge in [0.15, 0.2) is 0 Å². The molecule has 0 spiro atoms. The van der Waals surface area contributed by atoms with Crippen LogP contribution in [0.1, 0.15) is 24.3 Å². The van der Waals surface area contributed by atoms with Gasteiger partial charge in [-0.2, -0.15) is 0 Å². The maximum atomic E-state index is 12.2. The van der Waals surface area contributed by atoms with Crippen molar-refractivity contribution in [3.05, 3.63) is 34.9 Å². The maximum Gasteiger partial charge on any atom is 0.227 e. The number of nitrogens with one attached hydrogen (secondary N) is 1. The van der Waals surface area contributed by atoms with Crippen molar-refractivity contribution in [1.82, 2.24) is 5.32 Å². The second kappa shape index (κ2) is 6.21. The van der Waals surface area contributed by atoms with E-state index < -0.39 is 0 Å². The zero-order chi connectivity index (χ0) is 13.0. The van der Waals surface area contributed by atoms with Gasteiger partial charge in [-0.25, -0.2) is 0 Å². The van der Waals surface area contributed by atoms with Gasteiger partial charge in [-0.1, -0.05) is 23.7 Å². The Balaban J connectivity index is 2.03. The molecule has 1 saturated carbocycles. The van der Waals surface area contributed by atoms with E-state index in [0.717, 1.165) is 18.4 Å². The fourth-order valence-electron chi connectivity index (χ4n) is 2.12. The second-order valence-corrected chi connectivity index (χ2v) is 5.09. The van der Waals surface area contributed by atoms with E-state index in [4.69, 9.17) is 16.3 Å². The third-order valence-electron chi connectivity index (χ3n) is 3.21. The van der Waals surface area contributed by atoms with Crippen molar-refractivity contribution < 1.29 is 9.53 Å². The Labute approximate surface area is 112 Å². The molecule has 1 unspecified atom stereocenters. The van der Waals surface area contributed by atoms with Crippen LogP contribution in [0.2, 0.25) is 5.02 Å². The van der Waals surface area contributed by atoms with Crippen molar-refractivity contribution in [1.29, 1.82) is 0 Å². The van der Waals surface area contributed by atoms with Crippen LogP contribution >= 0.6 is 11.6 Å². The fourth-order valence-corrected chi connectivity index (χ4v) is 2.25. The molecule has 1 N–H and O–H groups in total. The monoisotopic (exact) mass is 267 g/mol. The van der Waals surface area contributed by atoms with E-state index in [9.17, 15) is 4.79 Å². The van der Waals surface area contributed by atoms with Gasteiger partial charge < -0.3 is 10.1 Å². The van der Waals surface area contributed by atoms with Crippen LogP contribution < -0.4 is 5.32 Å². The van der Waals surface area contributed by atoms with Gasteiger partial charge >= 0.3 is 0 Å². The number of carbonyl (C=O) groups excluding carboxylic acids is 1. The minimum absolute atomic E-state index is 0.0425. The first-order valence-electron chi connectivity index (χ1n) is 6.24. The third kappa shape index (κ3) is 3.47. The van der Waals surface area contributed by atoms with Crippen molar-refractivity contribution in [3.8, 4) is 0 Å². The number of ether oxygens (including phenoxy) is 1. The third-order valence-corrected chi connectivity index (χ3v) is 3.46. The summed E-state index contributed by atoms with van der Waals surface area (Å²) in [6.45, 7) is 1.11. The molecule has 0 aromatic heterocycles. The first kappa shape index (κ1) is 13.4. The van der Waals surface area contributed by atoms with Gasteiger partial charge in [0.05, 0.1) is 12.5 Å². The molecule has 1 amide bonds. The molecule has 98 valence electrons. The highest BCUT2D eigenvalue weighted by Crippen LogP contribution is 2.42. The summed E-state index contributed by atoms with van der Waals surface area (Å²) >= 11 is 5.88. The first-order valence-corrected chi connectivity index (χ1v) is 6.62. The maximum absolute atomic E-state index is 12.2. The number of amides is 1. The second-order valence-electron chi connectivity index (χ2n) is 4.65. The van der Waals surface area contributed by atoms with Gasteiger partial charge in [0.1, 0.15) is 0 Å². The molecule has 2 rings (SSSR count). The van der Waals surface area contributed by atoms with Gasteiger partial charge in [-0.15, -0.1) is 0 Å². The lowest BCUT2D eigenvalue weighted by molar-refractivity contribution is -0.123. The first-order chi connectivity index (χ1) is 8.72. The molecule has 18 heavy (non-hydrogen) atoms. The summed E-state index contributed by atoms with van der Waals surface area (Å²) in [4.78, 5) is 12.2. The van der Waals surface area contributed by atoms with Crippen molar-refractivity contribution in [2.75, 3.05) is 20.3 Å². The van der Waals surface area contributed by atoms with E-state index in [1.54, 1.807) is 7.11 Å². The molecular weight excluding hydrogens is 250 g/mol. The number of halogens is 1. The SMILES string of the molecule is COCCNC(=O)C(c1ccc(Cl)cc1)C1CC1. The van der Waals surface area contributed by atoms with Crippen LogP contribution in [-0.4, -0.2) is 26.2 Å². The van der Waals surface area contributed by atoms with Crippen molar-refractivity contribution in [2.45, 2.75) is 18.8 Å². The highest BCUT2D eigenvalue weighted by molar-refractivity contribution is 6.30. The Bertz CT molecular complexity index is 401. The summed E-state index contributed by atoms with van der Waals surface area (Å²) < 4.78 is 4.94. The van der Waals surface area contributed by atoms with Crippen LogP contribution in [0.4, 0.5) is 0 Å². The van der Waals surface area contributed by atoms with Gasteiger partial charge in [0, 0.05) is 18.7 Å². The summed E-state index contributed by atoms with van der Waals surface area (Å²) in [6.07, 6.45) is 2.26. The van der Waals surface area contributed by atoms with Crippen LogP contribution in [-0.2, 0) is 9.53 Å². The van der Waals surface area contributed by atoms with Crippen LogP contribution in [0.15, 0.2) is 24.3 Å². The molecule has 0 radical (unpaired) electrons. The molecule has 1 fully saturated rings. The molecule has 1 aromatic carbocycles. The van der Waals surface area contributed by atoms with Gasteiger partial charge in [-0.3, -0.25) is 4.79 Å². The summed E-state index contributed by atoms with van der Waals surface area (Å²) in [6, 6.07) is 7.58. The largest absolute Gasteiger partial charge is 0.383 e. The van der Waals surface area contributed by atoms with E-state index in [0.29, 0.717) is 24.1 Å². The highest BCUT2D eigenvalue weighted by atomic mass is 35.5. The van der Waals surface area contributed by atoms with Crippen molar-refractivity contribution in [2.24, 2.45) is 5.92 Å². The topological polar surface area (TPSA) is 38.3 Å². The molecule has 1 atom stereocenters. The number of benzene rings is 1. The quantitative estimate of drug-likeness (QED) is 0.805. The average Bonchev–Trinajstić information content (AvgIpc) is 3.17. The minimum Gasteiger partial charge on any atom is -0.383 e. The van der Waals surface area contributed by atoms with Gasteiger partial charge in [0.2, 0.25) is 5.91 Å². The summed E-state index contributed by atoms with van der Waals surface area (Å²) in [7, 11) is 1.63. The number of carbonyl (C=O) groups is 1. The normalized spacial score (nSPS) is 16.3. The van der Waals surface area contributed by atoms with E-state index in [1.807, 2.05) is 24.3 Å². The molecule has 0 heterocycles. The highest BCUT2D eigenvalue weighted by Gasteiger charge is 2.36. The smallest absolute Gasteiger partial charge is 0.227 e. The predicted octanol–water partition coefficient (Wildman–Crippen LogP) is 2.60. The summed E-state index contributed by atoms with van der Waals surface area (Å²) in [5.41, 5.74) is 1.05. The number of hydrogen-bond acceptors (Lipinski definition) is 2. The van der Waals surface area contributed by atoms with E-state index in [2.05, 4.69) is 5.32 Å². The Morgan fingerprint density at radius 2 is 2.11 bits per heavy atom. The number of hydrogen-bond donors (Lipinski definition) is 1. The molecule has 0 bridgehead atoms. The van der Waals surface area contributed by atoms with Crippen molar-refractivity contribution >= 4 is 17.5 Å². The van der Waals surface area contributed by atoms with Gasteiger partial charge in [-0.05, 0) is 36.5 Å². The molecule has 0 saturated heterocycles. The minimum atomic E-state index is -0.0425. The predicted molar refractivity (Wildman–Crippen MR) is 71.8 cm³/mol. The molecule has 1 aromatic rings. The van der Waals surface area contributed by atoms with Crippen LogP contribution in [0.5, 0.6) is 0 Å². The Morgan fingerprint density at radius 1 is 1.44 bits per heavy atom. The molecule has 4 heteroatoms. The van der Waals surface area contributed by atoms with E-state index >= 15 is 0 Å². The lowest BCUT2D eigenvalue weighted by atomic mass is 9.93.